The monoisotopic (exact) mass is 424 g/mol. The summed E-state index contributed by atoms with van der Waals surface area (Å²) in [5.41, 5.74) is 7.65. The Kier molecular flexibility index (Phi) is 5.47. The van der Waals surface area contributed by atoms with Gasteiger partial charge in [-0.15, -0.1) is 0 Å². The highest BCUT2D eigenvalue weighted by Gasteiger charge is 2.38. The fourth-order valence-electron chi connectivity index (χ4n) is 3.77. The van der Waals surface area contributed by atoms with Crippen molar-refractivity contribution in [1.29, 1.82) is 5.26 Å². The second-order valence-corrected chi connectivity index (χ2v) is 7.52. The molecule has 1 aliphatic carbocycles. The number of ether oxygens (including phenoxy) is 2. The molecule has 0 saturated heterocycles. The summed E-state index contributed by atoms with van der Waals surface area (Å²) in [6.45, 7) is 0.0209. The number of nitrogens with zero attached hydrogens (tertiary/aromatic N) is 1. The lowest BCUT2D eigenvalue weighted by molar-refractivity contribution is -0.116. The molecule has 0 aromatic heterocycles. The van der Waals surface area contributed by atoms with Gasteiger partial charge in [-0.25, -0.2) is 4.39 Å². The number of carbonyl (C=O) groups is 1. The van der Waals surface area contributed by atoms with Gasteiger partial charge in [0.25, 0.3) is 0 Å². The highest BCUT2D eigenvalue weighted by molar-refractivity contribution is 6.32. The average Bonchev–Trinajstić information content (AvgIpc) is 2.73. The third-order valence-corrected chi connectivity index (χ3v) is 5.53. The molecule has 30 heavy (non-hydrogen) atoms. The van der Waals surface area contributed by atoms with Crippen LogP contribution in [0.5, 0.6) is 5.75 Å². The molecular formula is C23H18ClFN2O3. The van der Waals surface area contributed by atoms with E-state index in [0.717, 1.165) is 0 Å². The van der Waals surface area contributed by atoms with Crippen LogP contribution in [0.4, 0.5) is 4.39 Å². The zero-order valence-corrected chi connectivity index (χ0v) is 16.7. The van der Waals surface area contributed by atoms with Crippen molar-refractivity contribution >= 4 is 17.4 Å². The molecule has 0 unspecified atom stereocenters. The maximum absolute atomic E-state index is 13.8. The van der Waals surface area contributed by atoms with Crippen LogP contribution in [0.3, 0.4) is 0 Å². The van der Waals surface area contributed by atoms with Gasteiger partial charge < -0.3 is 15.2 Å². The van der Waals surface area contributed by atoms with E-state index in [0.29, 0.717) is 47.5 Å². The van der Waals surface area contributed by atoms with Crippen LogP contribution >= 0.6 is 11.6 Å². The molecule has 0 radical (unpaired) electrons. The Hall–Kier alpha value is -3.30. The molecule has 0 spiro atoms. The van der Waals surface area contributed by atoms with Crippen LogP contribution in [0, 0.1) is 17.1 Å². The van der Waals surface area contributed by atoms with E-state index in [1.807, 2.05) is 0 Å². The molecule has 0 bridgehead atoms. The molecule has 1 heterocycles. The first kappa shape index (κ1) is 20.0. The minimum Gasteiger partial charge on any atom is -0.487 e. The molecule has 4 rings (SSSR count). The van der Waals surface area contributed by atoms with Crippen molar-refractivity contribution in [2.75, 3.05) is 0 Å². The summed E-state index contributed by atoms with van der Waals surface area (Å²) in [5, 5.41) is 9.92. The standard InChI is InChI=1S/C23H18ClFN2O3/c24-16-10-13(8-9-19(16)29-12-14-4-1-2-5-17(14)25)21-15(11-26)23(27)30-20-7-3-6-18(28)22(20)21/h1-2,4-5,8-10,21H,3,6-7,12,27H2/t21-/m1/s1. The van der Waals surface area contributed by atoms with Crippen molar-refractivity contribution in [2.45, 2.75) is 31.8 Å². The number of carbonyl (C=O) groups excluding carboxylic acids is 1. The first-order valence-electron chi connectivity index (χ1n) is 9.49. The van der Waals surface area contributed by atoms with Gasteiger partial charge >= 0.3 is 0 Å². The molecule has 2 aromatic carbocycles. The Morgan fingerprint density at radius 3 is 2.80 bits per heavy atom. The molecule has 0 fully saturated rings. The van der Waals surface area contributed by atoms with Crippen molar-refractivity contribution in [2.24, 2.45) is 5.73 Å². The van der Waals surface area contributed by atoms with Crippen LogP contribution in [0.25, 0.3) is 0 Å². The number of hydrogen-bond acceptors (Lipinski definition) is 5. The molecular weight excluding hydrogens is 407 g/mol. The number of rotatable bonds is 4. The van der Waals surface area contributed by atoms with Gasteiger partial charge in [0.05, 0.1) is 10.9 Å². The summed E-state index contributed by atoms with van der Waals surface area (Å²) >= 11 is 6.41. The Bertz CT molecular complexity index is 1130. The van der Waals surface area contributed by atoms with Gasteiger partial charge in [-0.3, -0.25) is 4.79 Å². The van der Waals surface area contributed by atoms with Gasteiger partial charge in [0.15, 0.2) is 5.78 Å². The molecule has 2 N–H and O–H groups in total. The first-order chi connectivity index (χ1) is 14.5. The van der Waals surface area contributed by atoms with Crippen molar-refractivity contribution in [3.8, 4) is 11.8 Å². The van der Waals surface area contributed by atoms with Crippen LogP contribution in [-0.2, 0) is 16.1 Å². The molecule has 0 saturated carbocycles. The predicted octanol–water partition coefficient (Wildman–Crippen LogP) is 4.87. The molecule has 1 aliphatic heterocycles. The normalized spacial score (nSPS) is 18.6. The second kappa shape index (κ2) is 8.21. The van der Waals surface area contributed by atoms with Crippen molar-refractivity contribution < 1.29 is 18.7 Å². The van der Waals surface area contributed by atoms with Gasteiger partial charge in [-0.1, -0.05) is 35.9 Å². The molecule has 2 aromatic rings. The highest BCUT2D eigenvalue weighted by Crippen LogP contribution is 2.44. The zero-order valence-electron chi connectivity index (χ0n) is 16.0. The summed E-state index contributed by atoms with van der Waals surface area (Å²) < 4.78 is 25.0. The van der Waals surface area contributed by atoms with Gasteiger partial charge in [-0.05, 0) is 30.2 Å². The van der Waals surface area contributed by atoms with Crippen LogP contribution < -0.4 is 10.5 Å². The lowest BCUT2D eigenvalue weighted by Crippen LogP contribution is -2.27. The number of allylic oxidation sites excluding steroid dienone is 3. The summed E-state index contributed by atoms with van der Waals surface area (Å²) in [6, 6.07) is 13.4. The molecule has 0 amide bonds. The van der Waals surface area contributed by atoms with E-state index in [1.54, 1.807) is 36.4 Å². The minimum absolute atomic E-state index is 0.00644. The highest BCUT2D eigenvalue weighted by atomic mass is 35.5. The topological polar surface area (TPSA) is 85.3 Å². The molecule has 152 valence electrons. The number of halogens is 2. The molecule has 5 nitrogen and oxygen atoms in total. The quantitative estimate of drug-likeness (QED) is 0.756. The number of Topliss-reactive ketones (excluding diaryl/α,β-unsaturated/α-hetero) is 1. The van der Waals surface area contributed by atoms with E-state index in [4.69, 9.17) is 26.8 Å². The summed E-state index contributed by atoms with van der Waals surface area (Å²) in [7, 11) is 0. The van der Waals surface area contributed by atoms with Crippen molar-refractivity contribution in [3.05, 3.63) is 87.2 Å². The number of hydrogen-bond donors (Lipinski definition) is 1. The van der Waals surface area contributed by atoms with E-state index in [2.05, 4.69) is 6.07 Å². The van der Waals surface area contributed by atoms with Gasteiger partial charge in [0.1, 0.15) is 35.6 Å². The Labute approximate surface area is 178 Å². The first-order valence-corrected chi connectivity index (χ1v) is 9.87. The lowest BCUT2D eigenvalue weighted by Gasteiger charge is -2.31. The number of benzene rings is 2. The fourth-order valence-corrected chi connectivity index (χ4v) is 4.02. The molecule has 7 heteroatoms. The zero-order chi connectivity index (χ0) is 21.3. The number of ketones is 1. The lowest BCUT2D eigenvalue weighted by atomic mass is 9.77. The van der Waals surface area contributed by atoms with Crippen LogP contribution in [0.2, 0.25) is 5.02 Å². The maximum atomic E-state index is 13.8. The van der Waals surface area contributed by atoms with E-state index in [1.165, 1.54) is 6.07 Å². The van der Waals surface area contributed by atoms with E-state index < -0.39 is 5.92 Å². The van der Waals surface area contributed by atoms with Crippen LogP contribution in [0.15, 0.2) is 65.3 Å². The number of nitriles is 1. The Morgan fingerprint density at radius 2 is 2.07 bits per heavy atom. The van der Waals surface area contributed by atoms with E-state index >= 15 is 0 Å². The smallest absolute Gasteiger partial charge is 0.205 e. The van der Waals surface area contributed by atoms with Gasteiger partial charge in [0, 0.05) is 24.0 Å². The predicted molar refractivity (Wildman–Crippen MR) is 109 cm³/mol. The van der Waals surface area contributed by atoms with E-state index in [9.17, 15) is 14.4 Å². The van der Waals surface area contributed by atoms with Crippen LogP contribution in [0.1, 0.15) is 36.3 Å². The summed E-state index contributed by atoms with van der Waals surface area (Å²) in [4.78, 5) is 12.6. The number of nitrogens with two attached hydrogens (primary N) is 1. The fraction of sp³-hybridized carbons (Fsp3) is 0.217. The summed E-state index contributed by atoms with van der Waals surface area (Å²) in [5.74, 6) is -0.157. The van der Waals surface area contributed by atoms with Gasteiger partial charge in [0.2, 0.25) is 5.88 Å². The average molecular weight is 425 g/mol. The maximum Gasteiger partial charge on any atom is 0.205 e. The van der Waals surface area contributed by atoms with E-state index in [-0.39, 0.29) is 34.7 Å². The Balaban J connectivity index is 1.66. The van der Waals surface area contributed by atoms with Crippen LogP contribution in [-0.4, -0.2) is 5.78 Å². The van der Waals surface area contributed by atoms with Crippen molar-refractivity contribution in [3.63, 3.8) is 0 Å². The third kappa shape index (κ3) is 3.64. The molecule has 1 atom stereocenters. The van der Waals surface area contributed by atoms with Crippen molar-refractivity contribution in [1.82, 2.24) is 0 Å². The molecule has 2 aliphatic rings. The second-order valence-electron chi connectivity index (χ2n) is 7.11. The Morgan fingerprint density at radius 1 is 1.27 bits per heavy atom. The summed E-state index contributed by atoms with van der Waals surface area (Å²) in [6.07, 6.45) is 1.67. The van der Waals surface area contributed by atoms with Gasteiger partial charge in [-0.2, -0.15) is 5.26 Å². The third-order valence-electron chi connectivity index (χ3n) is 5.24. The minimum atomic E-state index is -0.635. The largest absolute Gasteiger partial charge is 0.487 e. The SMILES string of the molecule is N#CC1=C(N)OC2=C(C(=O)CCC2)[C@@H]1c1ccc(OCc2ccccc2F)c(Cl)c1.